The lowest BCUT2D eigenvalue weighted by Crippen LogP contribution is -2.03. The van der Waals surface area contributed by atoms with E-state index in [0.717, 1.165) is 40.1 Å². The summed E-state index contributed by atoms with van der Waals surface area (Å²) in [6.45, 7) is 2.89. The van der Waals surface area contributed by atoms with Gasteiger partial charge in [0.05, 0.1) is 5.39 Å². The van der Waals surface area contributed by atoms with Crippen LogP contribution in [0.4, 0.5) is 10.2 Å². The number of nitrogens with one attached hydrogen (secondary N) is 1. The molecular formula is C15H13ClFN3S. The molecule has 3 aromatic rings. The summed E-state index contributed by atoms with van der Waals surface area (Å²) in [4.78, 5) is 9.38. The first-order valence-electron chi connectivity index (χ1n) is 6.63. The number of thiophene rings is 1. The van der Waals surface area contributed by atoms with E-state index in [1.54, 1.807) is 12.1 Å². The van der Waals surface area contributed by atoms with Gasteiger partial charge in [-0.15, -0.1) is 11.3 Å². The van der Waals surface area contributed by atoms with Crippen LogP contribution in [-0.4, -0.2) is 16.5 Å². The highest BCUT2D eigenvalue weighted by Gasteiger charge is 2.14. The van der Waals surface area contributed by atoms with Gasteiger partial charge in [-0.05, 0) is 35.7 Å². The number of rotatable bonds is 4. The molecule has 3 nitrogen and oxygen atoms in total. The van der Waals surface area contributed by atoms with Gasteiger partial charge in [-0.1, -0.05) is 19.1 Å². The highest BCUT2D eigenvalue weighted by atomic mass is 35.5. The van der Waals surface area contributed by atoms with Crippen LogP contribution in [0.5, 0.6) is 0 Å². The molecule has 0 spiro atoms. The van der Waals surface area contributed by atoms with Crippen molar-refractivity contribution in [3.63, 3.8) is 0 Å². The second-order valence-electron chi connectivity index (χ2n) is 4.60. The van der Waals surface area contributed by atoms with Gasteiger partial charge in [0.25, 0.3) is 0 Å². The lowest BCUT2D eigenvalue weighted by molar-refractivity contribution is 0.628. The maximum Gasteiger partial charge on any atom is 0.225 e. The lowest BCUT2D eigenvalue weighted by atomic mass is 10.1. The predicted octanol–water partition coefficient (Wildman–Crippen LogP) is 4.97. The van der Waals surface area contributed by atoms with E-state index in [9.17, 15) is 4.39 Å². The zero-order valence-corrected chi connectivity index (χ0v) is 12.9. The molecule has 2 aromatic heterocycles. The fraction of sp³-hybridized carbons (Fsp3) is 0.200. The Bertz CT molecular complexity index is 770. The number of benzene rings is 1. The third-order valence-corrected chi connectivity index (χ3v) is 4.15. The largest absolute Gasteiger partial charge is 0.369 e. The SMILES string of the molecule is CCCNc1nc(Cl)nc2scc(-c3ccc(F)cc3)c12. The molecule has 0 radical (unpaired) electrons. The molecule has 1 N–H and O–H groups in total. The van der Waals surface area contributed by atoms with Crippen molar-refractivity contribution in [1.29, 1.82) is 0 Å². The summed E-state index contributed by atoms with van der Waals surface area (Å²) in [7, 11) is 0. The molecule has 0 bridgehead atoms. The number of hydrogen-bond acceptors (Lipinski definition) is 4. The Hall–Kier alpha value is -1.72. The molecule has 0 amide bonds. The van der Waals surface area contributed by atoms with Crippen LogP contribution in [0.2, 0.25) is 5.28 Å². The standard InChI is InChI=1S/C15H13ClFN3S/c1-2-7-18-13-12-11(9-3-5-10(17)6-4-9)8-21-14(12)20-15(16)19-13/h3-6,8H,2,7H2,1H3,(H,18,19,20). The van der Waals surface area contributed by atoms with Gasteiger partial charge in [-0.3, -0.25) is 0 Å². The predicted molar refractivity (Wildman–Crippen MR) is 86.6 cm³/mol. The van der Waals surface area contributed by atoms with Crippen molar-refractivity contribution in [3.05, 3.63) is 40.7 Å². The molecule has 0 fully saturated rings. The van der Waals surface area contributed by atoms with Gasteiger partial charge in [-0.2, -0.15) is 0 Å². The van der Waals surface area contributed by atoms with Crippen LogP contribution < -0.4 is 5.32 Å². The Labute approximate surface area is 130 Å². The van der Waals surface area contributed by atoms with E-state index >= 15 is 0 Å². The molecule has 1 aromatic carbocycles. The monoisotopic (exact) mass is 321 g/mol. The summed E-state index contributed by atoms with van der Waals surface area (Å²) in [6, 6.07) is 6.42. The Kier molecular flexibility index (Phi) is 4.03. The van der Waals surface area contributed by atoms with Crippen molar-refractivity contribution >= 4 is 39.0 Å². The number of aromatic nitrogens is 2. The fourth-order valence-corrected chi connectivity index (χ4v) is 3.30. The number of halogens is 2. The zero-order chi connectivity index (χ0) is 14.8. The van der Waals surface area contributed by atoms with Crippen molar-refractivity contribution in [3.8, 4) is 11.1 Å². The maximum atomic E-state index is 13.1. The molecule has 6 heteroatoms. The Morgan fingerprint density at radius 3 is 2.71 bits per heavy atom. The van der Waals surface area contributed by atoms with Crippen LogP contribution in [0.25, 0.3) is 21.3 Å². The fourth-order valence-electron chi connectivity index (χ4n) is 2.13. The minimum Gasteiger partial charge on any atom is -0.369 e. The highest BCUT2D eigenvalue weighted by molar-refractivity contribution is 7.17. The Morgan fingerprint density at radius 2 is 2.00 bits per heavy atom. The van der Waals surface area contributed by atoms with Gasteiger partial charge < -0.3 is 5.32 Å². The van der Waals surface area contributed by atoms with Crippen molar-refractivity contribution in [1.82, 2.24) is 9.97 Å². The van der Waals surface area contributed by atoms with E-state index in [2.05, 4.69) is 22.2 Å². The molecule has 0 aliphatic carbocycles. The van der Waals surface area contributed by atoms with Crippen LogP contribution in [0.3, 0.4) is 0 Å². The first-order chi connectivity index (χ1) is 10.2. The molecule has 0 atom stereocenters. The Balaban J connectivity index is 2.17. The first kappa shape index (κ1) is 14.2. The molecule has 0 aliphatic rings. The molecule has 0 saturated carbocycles. The van der Waals surface area contributed by atoms with Gasteiger partial charge >= 0.3 is 0 Å². The first-order valence-corrected chi connectivity index (χ1v) is 7.89. The van der Waals surface area contributed by atoms with E-state index in [1.165, 1.54) is 23.5 Å². The summed E-state index contributed by atoms with van der Waals surface area (Å²) in [5.74, 6) is 0.481. The summed E-state index contributed by atoms with van der Waals surface area (Å²) in [5.41, 5.74) is 1.93. The lowest BCUT2D eigenvalue weighted by Gasteiger charge is -2.08. The van der Waals surface area contributed by atoms with Crippen molar-refractivity contribution in [2.45, 2.75) is 13.3 Å². The minimum atomic E-state index is -0.248. The van der Waals surface area contributed by atoms with Crippen LogP contribution >= 0.6 is 22.9 Å². The second-order valence-corrected chi connectivity index (χ2v) is 5.80. The summed E-state index contributed by atoms with van der Waals surface area (Å²) >= 11 is 7.48. The molecule has 2 heterocycles. The number of hydrogen-bond donors (Lipinski definition) is 1. The quantitative estimate of drug-likeness (QED) is 0.689. The third kappa shape index (κ3) is 2.84. The van der Waals surface area contributed by atoms with Crippen LogP contribution in [-0.2, 0) is 0 Å². The van der Waals surface area contributed by atoms with Gasteiger partial charge in [-0.25, -0.2) is 14.4 Å². The van der Waals surface area contributed by atoms with Gasteiger partial charge in [0.15, 0.2) is 0 Å². The normalized spacial score (nSPS) is 11.0. The molecular weight excluding hydrogens is 309 g/mol. The van der Waals surface area contributed by atoms with E-state index in [4.69, 9.17) is 11.6 Å². The smallest absolute Gasteiger partial charge is 0.225 e. The van der Waals surface area contributed by atoms with Crippen molar-refractivity contribution < 1.29 is 4.39 Å². The number of fused-ring (bicyclic) bond motifs is 1. The highest BCUT2D eigenvalue weighted by Crippen LogP contribution is 2.37. The molecule has 3 rings (SSSR count). The van der Waals surface area contributed by atoms with Crippen LogP contribution in [0, 0.1) is 5.82 Å². The van der Waals surface area contributed by atoms with E-state index in [0.29, 0.717) is 0 Å². The van der Waals surface area contributed by atoms with Gasteiger partial charge in [0.1, 0.15) is 16.5 Å². The molecule has 21 heavy (non-hydrogen) atoms. The van der Waals surface area contributed by atoms with Crippen molar-refractivity contribution in [2.75, 3.05) is 11.9 Å². The second kappa shape index (κ2) is 5.95. The van der Waals surface area contributed by atoms with E-state index in [1.807, 2.05) is 5.38 Å². The molecule has 0 unspecified atom stereocenters. The summed E-state index contributed by atoms with van der Waals surface area (Å²) in [5, 5.41) is 6.45. The van der Waals surface area contributed by atoms with E-state index < -0.39 is 0 Å². The average molecular weight is 322 g/mol. The summed E-state index contributed by atoms with van der Waals surface area (Å²) < 4.78 is 13.1. The number of nitrogens with zero attached hydrogens (tertiary/aromatic N) is 2. The minimum absolute atomic E-state index is 0.230. The molecule has 0 saturated heterocycles. The van der Waals surface area contributed by atoms with Crippen LogP contribution in [0.1, 0.15) is 13.3 Å². The van der Waals surface area contributed by atoms with Crippen molar-refractivity contribution in [2.24, 2.45) is 0 Å². The summed E-state index contributed by atoms with van der Waals surface area (Å²) in [6.07, 6.45) is 0.985. The maximum absolute atomic E-state index is 13.1. The van der Waals surface area contributed by atoms with Crippen LogP contribution in [0.15, 0.2) is 29.6 Å². The van der Waals surface area contributed by atoms with Gasteiger partial charge in [0, 0.05) is 17.5 Å². The van der Waals surface area contributed by atoms with Gasteiger partial charge in [0.2, 0.25) is 5.28 Å². The third-order valence-electron chi connectivity index (χ3n) is 3.10. The molecule has 0 aliphatic heterocycles. The molecule has 108 valence electrons. The Morgan fingerprint density at radius 1 is 1.24 bits per heavy atom. The van der Waals surface area contributed by atoms with E-state index in [-0.39, 0.29) is 11.1 Å². The average Bonchev–Trinajstić information content (AvgIpc) is 2.89. The topological polar surface area (TPSA) is 37.8 Å². The number of anilines is 1. The zero-order valence-electron chi connectivity index (χ0n) is 11.4.